The summed E-state index contributed by atoms with van der Waals surface area (Å²) in [6.45, 7) is 0. The average molecular weight is 396 g/mol. The summed E-state index contributed by atoms with van der Waals surface area (Å²) in [7, 11) is 0. The van der Waals surface area contributed by atoms with Gasteiger partial charge in [0, 0.05) is 10.5 Å². The molecule has 0 fully saturated rings. The molecule has 1 aromatic carbocycles. The van der Waals surface area contributed by atoms with Crippen LogP contribution in [0.1, 0.15) is 6.42 Å². The molecule has 2 aromatic rings. The van der Waals surface area contributed by atoms with E-state index in [-0.39, 0.29) is 5.91 Å². The summed E-state index contributed by atoms with van der Waals surface area (Å²) in [6, 6.07) is 10.4. The van der Waals surface area contributed by atoms with Crippen molar-refractivity contribution < 1.29 is 9.53 Å². The van der Waals surface area contributed by atoms with Crippen molar-refractivity contribution >= 4 is 39.3 Å². The van der Waals surface area contributed by atoms with Gasteiger partial charge in [0.05, 0.1) is 17.9 Å². The lowest BCUT2D eigenvalue weighted by atomic mass is 10.2. The Labute approximate surface area is 148 Å². The minimum absolute atomic E-state index is 0.207. The number of ether oxygens (including phenoxy) is 1. The Morgan fingerprint density at radius 1 is 1.43 bits per heavy atom. The van der Waals surface area contributed by atoms with Gasteiger partial charge < -0.3 is 15.8 Å². The molecule has 23 heavy (non-hydrogen) atoms. The second-order valence-corrected chi connectivity index (χ2v) is 6.72. The number of nitrogens with zero attached hydrogens (tertiary/aromatic N) is 1. The van der Waals surface area contributed by atoms with E-state index in [1.807, 2.05) is 30.5 Å². The molecule has 0 saturated carbocycles. The quantitative estimate of drug-likeness (QED) is 0.747. The molecule has 5 nitrogen and oxygen atoms in total. The third-order valence-electron chi connectivity index (χ3n) is 2.99. The number of rotatable bonds is 7. The summed E-state index contributed by atoms with van der Waals surface area (Å²) in [4.78, 5) is 16.1. The molecule has 122 valence electrons. The summed E-state index contributed by atoms with van der Waals surface area (Å²) in [5.74, 6) is 1.78. The van der Waals surface area contributed by atoms with E-state index in [2.05, 4.69) is 26.2 Å². The second-order valence-electron chi connectivity index (χ2n) is 4.82. The van der Waals surface area contributed by atoms with Gasteiger partial charge in [-0.25, -0.2) is 4.98 Å². The molecule has 1 amide bonds. The van der Waals surface area contributed by atoms with Gasteiger partial charge in [-0.1, -0.05) is 22.0 Å². The molecule has 0 aliphatic heterocycles. The van der Waals surface area contributed by atoms with Crippen molar-refractivity contribution in [3.8, 4) is 11.6 Å². The molecule has 0 radical (unpaired) electrons. The summed E-state index contributed by atoms with van der Waals surface area (Å²) < 4.78 is 6.57. The third kappa shape index (κ3) is 5.85. The molecule has 7 heteroatoms. The van der Waals surface area contributed by atoms with Gasteiger partial charge in [-0.3, -0.25) is 4.79 Å². The van der Waals surface area contributed by atoms with Crippen LogP contribution in [0.4, 0.5) is 5.69 Å². The number of pyridine rings is 1. The van der Waals surface area contributed by atoms with E-state index >= 15 is 0 Å². The van der Waals surface area contributed by atoms with Gasteiger partial charge in [0.2, 0.25) is 11.8 Å². The van der Waals surface area contributed by atoms with Crippen LogP contribution in [0.3, 0.4) is 0 Å². The maximum absolute atomic E-state index is 11.9. The van der Waals surface area contributed by atoms with Crippen molar-refractivity contribution in [2.75, 3.05) is 17.3 Å². The van der Waals surface area contributed by atoms with Gasteiger partial charge in [0.25, 0.3) is 0 Å². The predicted molar refractivity (Wildman–Crippen MR) is 98.1 cm³/mol. The fourth-order valence-corrected chi connectivity index (χ4v) is 2.64. The Balaban J connectivity index is 1.93. The first-order valence-electron chi connectivity index (χ1n) is 7.03. The molecule has 0 aliphatic carbocycles. The van der Waals surface area contributed by atoms with Crippen LogP contribution in [-0.4, -0.2) is 28.9 Å². The monoisotopic (exact) mass is 395 g/mol. The molecule has 3 N–H and O–H groups in total. The first-order chi connectivity index (χ1) is 11.1. The summed E-state index contributed by atoms with van der Waals surface area (Å²) in [5.41, 5.74) is 6.42. The zero-order valence-corrected chi connectivity index (χ0v) is 15.1. The first-order valence-corrected chi connectivity index (χ1v) is 9.22. The number of carbonyl (C=O) groups is 1. The Kier molecular flexibility index (Phi) is 6.88. The zero-order valence-electron chi connectivity index (χ0n) is 12.7. The van der Waals surface area contributed by atoms with Crippen LogP contribution in [0.15, 0.2) is 47.1 Å². The summed E-state index contributed by atoms with van der Waals surface area (Å²) >= 11 is 5.05. The molecule has 1 aromatic heterocycles. The molecular weight excluding hydrogens is 378 g/mol. The van der Waals surface area contributed by atoms with Crippen LogP contribution in [-0.2, 0) is 4.79 Å². The number of anilines is 1. The standard InChI is InChI=1S/C16H18BrN3O2S/c1-23-8-7-14(18)16(21)20-12-5-6-15(19-10-12)22-13-4-2-3-11(17)9-13/h2-6,9-10,14H,7-8,18H2,1H3,(H,20,21)/t14-/m0/s1. The molecule has 0 unspecified atom stereocenters. The van der Waals surface area contributed by atoms with Crippen molar-refractivity contribution in [2.24, 2.45) is 5.73 Å². The maximum atomic E-state index is 11.9. The minimum Gasteiger partial charge on any atom is -0.439 e. The van der Waals surface area contributed by atoms with E-state index in [4.69, 9.17) is 10.5 Å². The van der Waals surface area contributed by atoms with Gasteiger partial charge in [-0.2, -0.15) is 11.8 Å². The molecule has 0 bridgehead atoms. The van der Waals surface area contributed by atoms with Crippen molar-refractivity contribution in [3.05, 3.63) is 47.1 Å². The lowest BCUT2D eigenvalue weighted by Gasteiger charge is -2.11. The van der Waals surface area contributed by atoms with E-state index < -0.39 is 6.04 Å². The van der Waals surface area contributed by atoms with Crippen LogP contribution >= 0.6 is 27.7 Å². The fraction of sp³-hybridized carbons (Fsp3) is 0.250. The van der Waals surface area contributed by atoms with Gasteiger partial charge in [-0.05, 0) is 42.7 Å². The van der Waals surface area contributed by atoms with Crippen LogP contribution in [0.5, 0.6) is 11.6 Å². The third-order valence-corrected chi connectivity index (χ3v) is 4.13. The zero-order chi connectivity index (χ0) is 16.7. The molecule has 1 atom stereocenters. The van der Waals surface area contributed by atoms with Gasteiger partial charge in [0.1, 0.15) is 5.75 Å². The van der Waals surface area contributed by atoms with Crippen LogP contribution in [0, 0.1) is 0 Å². The van der Waals surface area contributed by atoms with E-state index in [0.717, 1.165) is 10.2 Å². The summed E-state index contributed by atoms with van der Waals surface area (Å²) in [6.07, 6.45) is 4.18. The Hall–Kier alpha value is -1.57. The lowest BCUT2D eigenvalue weighted by molar-refractivity contribution is -0.117. The molecule has 0 spiro atoms. The van der Waals surface area contributed by atoms with Crippen molar-refractivity contribution in [1.29, 1.82) is 0 Å². The first kappa shape index (κ1) is 17.8. The number of amides is 1. The highest BCUT2D eigenvalue weighted by Gasteiger charge is 2.13. The number of nitrogens with two attached hydrogens (primary N) is 1. The predicted octanol–water partition coefficient (Wildman–Crippen LogP) is 3.66. The smallest absolute Gasteiger partial charge is 0.241 e. The van der Waals surface area contributed by atoms with Crippen LogP contribution in [0.2, 0.25) is 0 Å². The Morgan fingerprint density at radius 2 is 2.26 bits per heavy atom. The lowest BCUT2D eigenvalue weighted by Crippen LogP contribution is -2.36. The molecule has 0 saturated heterocycles. The molecule has 1 heterocycles. The topological polar surface area (TPSA) is 77.2 Å². The number of nitrogens with one attached hydrogen (secondary N) is 1. The summed E-state index contributed by atoms with van der Waals surface area (Å²) in [5, 5.41) is 2.75. The molecule has 2 rings (SSSR count). The van der Waals surface area contributed by atoms with Gasteiger partial charge in [0.15, 0.2) is 0 Å². The average Bonchev–Trinajstić information content (AvgIpc) is 2.54. The highest BCUT2D eigenvalue weighted by atomic mass is 79.9. The van der Waals surface area contributed by atoms with Crippen molar-refractivity contribution in [2.45, 2.75) is 12.5 Å². The number of thioether (sulfide) groups is 1. The SMILES string of the molecule is CSCC[C@H](N)C(=O)Nc1ccc(Oc2cccc(Br)c2)nc1. The number of carbonyl (C=O) groups excluding carboxylic acids is 1. The van der Waals surface area contributed by atoms with E-state index in [1.54, 1.807) is 30.1 Å². The van der Waals surface area contributed by atoms with E-state index in [9.17, 15) is 4.79 Å². The van der Waals surface area contributed by atoms with E-state index in [1.165, 1.54) is 0 Å². The van der Waals surface area contributed by atoms with E-state index in [0.29, 0.717) is 23.7 Å². The van der Waals surface area contributed by atoms with Gasteiger partial charge in [-0.15, -0.1) is 0 Å². The largest absolute Gasteiger partial charge is 0.439 e. The number of hydrogen-bond acceptors (Lipinski definition) is 5. The number of hydrogen-bond donors (Lipinski definition) is 2. The maximum Gasteiger partial charge on any atom is 0.241 e. The number of aromatic nitrogens is 1. The minimum atomic E-state index is -0.514. The van der Waals surface area contributed by atoms with Crippen molar-refractivity contribution in [3.63, 3.8) is 0 Å². The molecule has 0 aliphatic rings. The highest BCUT2D eigenvalue weighted by Crippen LogP contribution is 2.23. The highest BCUT2D eigenvalue weighted by molar-refractivity contribution is 9.10. The van der Waals surface area contributed by atoms with Crippen LogP contribution in [0.25, 0.3) is 0 Å². The molecular formula is C16H18BrN3O2S. The van der Waals surface area contributed by atoms with Gasteiger partial charge >= 0.3 is 0 Å². The fourth-order valence-electron chi connectivity index (χ4n) is 1.78. The number of halogens is 1. The Morgan fingerprint density at radius 3 is 2.91 bits per heavy atom. The van der Waals surface area contributed by atoms with Crippen LogP contribution < -0.4 is 15.8 Å². The Bertz CT molecular complexity index is 652. The van der Waals surface area contributed by atoms with Crippen molar-refractivity contribution in [1.82, 2.24) is 4.98 Å². The second kappa shape index (κ2) is 8.90. The number of benzene rings is 1. The normalized spacial score (nSPS) is 11.8.